The van der Waals surface area contributed by atoms with Gasteiger partial charge in [-0.3, -0.25) is 0 Å². The number of nitrogens with zero attached hydrogens (tertiary/aromatic N) is 1. The van der Waals surface area contributed by atoms with E-state index in [-0.39, 0.29) is 24.7 Å². The van der Waals surface area contributed by atoms with Crippen LogP contribution in [0, 0.1) is 11.7 Å². The van der Waals surface area contributed by atoms with Gasteiger partial charge in [-0.15, -0.1) is 0 Å². The molecule has 118 valence electrons. The van der Waals surface area contributed by atoms with Crippen molar-refractivity contribution in [1.29, 1.82) is 0 Å². The fourth-order valence-corrected chi connectivity index (χ4v) is 2.87. The molecule has 2 unspecified atom stereocenters. The number of para-hydroxylation sites is 1. The average Bonchev–Trinajstić information content (AvgIpc) is 2.37. The number of piperidine rings is 1. The fourth-order valence-electron chi connectivity index (χ4n) is 2.87. The van der Waals surface area contributed by atoms with E-state index in [2.05, 4.69) is 0 Å². The topological polar surface area (TPSA) is 29.3 Å². The molecule has 2 atom stereocenters. The highest BCUT2D eigenvalue weighted by Crippen LogP contribution is 2.36. The van der Waals surface area contributed by atoms with Gasteiger partial charge in [-0.05, 0) is 37.8 Å². The Kier molecular flexibility index (Phi) is 4.76. The monoisotopic (exact) mass is 304 g/mol. The molecule has 0 aromatic heterocycles. The molecule has 1 aromatic carbocycles. The molecule has 1 aliphatic rings. The summed E-state index contributed by atoms with van der Waals surface area (Å²) >= 11 is 0. The van der Waals surface area contributed by atoms with Crippen LogP contribution in [0.5, 0.6) is 0 Å². The van der Waals surface area contributed by atoms with E-state index >= 15 is 0 Å². The zero-order valence-corrected chi connectivity index (χ0v) is 12.0. The Labute approximate surface area is 121 Å². The third-order valence-corrected chi connectivity index (χ3v) is 3.81. The summed E-state index contributed by atoms with van der Waals surface area (Å²) in [6.07, 6.45) is -3.27. The Hall–Kier alpha value is -1.30. The number of hydrogen-bond donors (Lipinski definition) is 1. The van der Waals surface area contributed by atoms with Gasteiger partial charge in [-0.2, -0.15) is 13.2 Å². The molecule has 0 amide bonds. The molecule has 0 spiro atoms. The third kappa shape index (κ3) is 3.87. The lowest BCUT2D eigenvalue weighted by atomic mass is 9.95. The van der Waals surface area contributed by atoms with Crippen LogP contribution in [0.1, 0.15) is 25.3 Å². The van der Waals surface area contributed by atoms with Crippen LogP contribution in [0.4, 0.5) is 23.2 Å². The quantitative estimate of drug-likeness (QED) is 0.866. The molecule has 0 bridgehead atoms. The molecule has 1 heterocycles. The Morgan fingerprint density at radius 2 is 2.10 bits per heavy atom. The van der Waals surface area contributed by atoms with Crippen LogP contribution in [0.3, 0.4) is 0 Å². The van der Waals surface area contributed by atoms with E-state index in [0.717, 1.165) is 0 Å². The summed E-state index contributed by atoms with van der Waals surface area (Å²) in [4.78, 5) is 1.52. The van der Waals surface area contributed by atoms with Gasteiger partial charge in [0, 0.05) is 19.1 Å². The molecular weight excluding hydrogens is 284 g/mol. The highest BCUT2D eigenvalue weighted by atomic mass is 19.4. The lowest BCUT2D eigenvalue weighted by Gasteiger charge is -2.36. The molecule has 1 aromatic rings. The molecule has 1 aliphatic heterocycles. The molecule has 21 heavy (non-hydrogen) atoms. The predicted octanol–water partition coefficient (Wildman–Crippen LogP) is 3.49. The number of hydrogen-bond acceptors (Lipinski definition) is 2. The third-order valence-electron chi connectivity index (χ3n) is 3.81. The van der Waals surface area contributed by atoms with E-state index in [1.807, 2.05) is 0 Å². The Morgan fingerprint density at radius 3 is 2.71 bits per heavy atom. The summed E-state index contributed by atoms with van der Waals surface area (Å²) in [6.45, 7) is 2.05. The normalized spacial score (nSPS) is 21.4. The van der Waals surface area contributed by atoms with Gasteiger partial charge in [0.05, 0.1) is 11.6 Å². The maximum absolute atomic E-state index is 14.1. The van der Waals surface area contributed by atoms with Crippen LogP contribution in [0.2, 0.25) is 0 Å². The van der Waals surface area contributed by atoms with Crippen LogP contribution in [-0.4, -0.2) is 25.3 Å². The van der Waals surface area contributed by atoms with Crippen molar-refractivity contribution in [3.05, 3.63) is 29.6 Å². The molecule has 2 nitrogen and oxygen atoms in total. The second-order valence-corrected chi connectivity index (χ2v) is 5.76. The summed E-state index contributed by atoms with van der Waals surface area (Å²) in [5.74, 6) is -1.87. The van der Waals surface area contributed by atoms with Crippen molar-refractivity contribution in [2.45, 2.75) is 38.4 Å². The standard InChI is InChI=1S/C15H20F4N2/c1-10(20)8-11-4-2-6-13(16)14(11)21-7-3-5-12(9-21)15(17,18)19/h2,4,6,10,12H,3,5,7-9,20H2,1H3. The maximum Gasteiger partial charge on any atom is 0.393 e. The van der Waals surface area contributed by atoms with Crippen LogP contribution < -0.4 is 10.6 Å². The number of alkyl halides is 3. The minimum atomic E-state index is -4.23. The van der Waals surface area contributed by atoms with Crippen molar-refractivity contribution < 1.29 is 17.6 Å². The Bertz CT molecular complexity index is 485. The SMILES string of the molecule is CC(N)Cc1cccc(F)c1N1CCCC(C(F)(F)F)C1. The summed E-state index contributed by atoms with van der Waals surface area (Å²) in [5.41, 5.74) is 6.70. The maximum atomic E-state index is 14.1. The van der Waals surface area contributed by atoms with Crippen LogP contribution in [0.15, 0.2) is 18.2 Å². The number of anilines is 1. The molecule has 0 aliphatic carbocycles. The van der Waals surface area contributed by atoms with E-state index in [0.29, 0.717) is 24.9 Å². The molecule has 2 N–H and O–H groups in total. The highest BCUT2D eigenvalue weighted by Gasteiger charge is 2.42. The Morgan fingerprint density at radius 1 is 1.38 bits per heavy atom. The van der Waals surface area contributed by atoms with Gasteiger partial charge in [-0.25, -0.2) is 4.39 Å². The number of rotatable bonds is 3. The Balaban J connectivity index is 2.28. The average molecular weight is 304 g/mol. The van der Waals surface area contributed by atoms with Crippen molar-refractivity contribution >= 4 is 5.69 Å². The summed E-state index contributed by atoms with van der Waals surface area (Å²) in [5, 5.41) is 0. The number of halogens is 4. The van der Waals surface area contributed by atoms with Gasteiger partial charge in [-0.1, -0.05) is 12.1 Å². The molecule has 6 heteroatoms. The van der Waals surface area contributed by atoms with Gasteiger partial charge in [0.25, 0.3) is 0 Å². The second kappa shape index (κ2) is 6.22. The van der Waals surface area contributed by atoms with Crippen molar-refractivity contribution in [2.24, 2.45) is 11.7 Å². The van der Waals surface area contributed by atoms with Crippen LogP contribution in [-0.2, 0) is 6.42 Å². The number of benzene rings is 1. The van der Waals surface area contributed by atoms with Crippen molar-refractivity contribution in [3.8, 4) is 0 Å². The van der Waals surface area contributed by atoms with Gasteiger partial charge in [0.2, 0.25) is 0 Å². The van der Waals surface area contributed by atoms with Gasteiger partial charge in [0.15, 0.2) is 0 Å². The first-order valence-electron chi connectivity index (χ1n) is 7.13. The van der Waals surface area contributed by atoms with E-state index < -0.39 is 17.9 Å². The molecule has 2 rings (SSSR count). The number of nitrogens with two attached hydrogens (primary N) is 1. The van der Waals surface area contributed by atoms with E-state index in [4.69, 9.17) is 5.73 Å². The van der Waals surface area contributed by atoms with Gasteiger partial charge < -0.3 is 10.6 Å². The summed E-state index contributed by atoms with van der Waals surface area (Å²) < 4.78 is 52.8. The molecule has 0 saturated carbocycles. The molecular formula is C15H20F4N2. The lowest BCUT2D eigenvalue weighted by molar-refractivity contribution is -0.176. The molecule has 1 fully saturated rings. The van der Waals surface area contributed by atoms with Crippen molar-refractivity contribution in [2.75, 3.05) is 18.0 Å². The highest BCUT2D eigenvalue weighted by molar-refractivity contribution is 5.55. The zero-order chi connectivity index (χ0) is 15.6. The van der Waals surface area contributed by atoms with Crippen molar-refractivity contribution in [3.63, 3.8) is 0 Å². The minimum absolute atomic E-state index is 0.108. The van der Waals surface area contributed by atoms with E-state index in [1.165, 1.54) is 11.0 Å². The van der Waals surface area contributed by atoms with Crippen LogP contribution in [0.25, 0.3) is 0 Å². The van der Waals surface area contributed by atoms with Gasteiger partial charge >= 0.3 is 6.18 Å². The first-order valence-corrected chi connectivity index (χ1v) is 7.13. The predicted molar refractivity (Wildman–Crippen MR) is 74.7 cm³/mol. The first kappa shape index (κ1) is 16.1. The molecule has 1 saturated heterocycles. The second-order valence-electron chi connectivity index (χ2n) is 5.76. The lowest BCUT2D eigenvalue weighted by Crippen LogP contribution is -2.42. The fraction of sp³-hybridized carbons (Fsp3) is 0.600. The van der Waals surface area contributed by atoms with E-state index in [9.17, 15) is 17.6 Å². The van der Waals surface area contributed by atoms with Crippen molar-refractivity contribution in [1.82, 2.24) is 0 Å². The minimum Gasteiger partial charge on any atom is -0.368 e. The first-order chi connectivity index (χ1) is 9.79. The summed E-state index contributed by atoms with van der Waals surface area (Å²) in [7, 11) is 0. The zero-order valence-electron chi connectivity index (χ0n) is 12.0. The van der Waals surface area contributed by atoms with E-state index in [1.54, 1.807) is 19.1 Å². The summed E-state index contributed by atoms with van der Waals surface area (Å²) in [6, 6.07) is 4.42. The van der Waals surface area contributed by atoms with Crippen LogP contribution >= 0.6 is 0 Å². The smallest absolute Gasteiger partial charge is 0.368 e. The molecule has 0 radical (unpaired) electrons. The van der Waals surface area contributed by atoms with Gasteiger partial charge in [0.1, 0.15) is 5.82 Å². The largest absolute Gasteiger partial charge is 0.393 e.